The Morgan fingerprint density at radius 1 is 1.47 bits per heavy atom. The number of fused-ring (bicyclic) bond motifs is 3. The van der Waals surface area contributed by atoms with E-state index in [0.29, 0.717) is 6.61 Å². The van der Waals surface area contributed by atoms with E-state index in [0.717, 1.165) is 34.5 Å². The summed E-state index contributed by atoms with van der Waals surface area (Å²) >= 11 is 3.43. The SMILES string of the molecule is C#CCCCOc1cc2sc(C)nc2c2sccc12. The molecule has 1 aromatic carbocycles. The number of benzene rings is 1. The average Bonchev–Trinajstić information content (AvgIpc) is 2.99. The van der Waals surface area contributed by atoms with Crippen LogP contribution < -0.4 is 4.74 Å². The quantitative estimate of drug-likeness (QED) is 0.516. The highest BCUT2D eigenvalue weighted by molar-refractivity contribution is 7.21. The van der Waals surface area contributed by atoms with Crippen LogP contribution in [0.15, 0.2) is 17.5 Å². The van der Waals surface area contributed by atoms with Crippen LogP contribution in [-0.2, 0) is 0 Å². The fraction of sp³-hybridized carbons (Fsp3) is 0.267. The number of rotatable bonds is 4. The molecular formula is C15H13NOS2. The number of aromatic nitrogens is 1. The number of terminal acetylenes is 1. The molecule has 4 heteroatoms. The Bertz CT molecular complexity index is 763. The summed E-state index contributed by atoms with van der Waals surface area (Å²) in [6.07, 6.45) is 6.90. The van der Waals surface area contributed by atoms with Gasteiger partial charge in [-0.1, -0.05) is 0 Å². The van der Waals surface area contributed by atoms with Gasteiger partial charge in [-0.05, 0) is 24.8 Å². The van der Waals surface area contributed by atoms with Gasteiger partial charge in [0.2, 0.25) is 0 Å². The molecule has 0 fully saturated rings. The minimum atomic E-state index is 0.665. The van der Waals surface area contributed by atoms with E-state index in [9.17, 15) is 0 Å². The highest BCUT2D eigenvalue weighted by Crippen LogP contribution is 2.38. The van der Waals surface area contributed by atoms with Crippen LogP contribution in [0.4, 0.5) is 0 Å². The molecule has 3 rings (SSSR count). The van der Waals surface area contributed by atoms with E-state index in [1.807, 2.05) is 6.92 Å². The Hall–Kier alpha value is -1.57. The van der Waals surface area contributed by atoms with E-state index in [1.54, 1.807) is 22.7 Å². The topological polar surface area (TPSA) is 22.1 Å². The van der Waals surface area contributed by atoms with Crippen LogP contribution in [0.2, 0.25) is 0 Å². The van der Waals surface area contributed by atoms with Gasteiger partial charge in [0.15, 0.2) is 0 Å². The summed E-state index contributed by atoms with van der Waals surface area (Å²) < 4.78 is 8.30. The number of unbranched alkanes of at least 4 members (excludes halogenated alkanes) is 1. The zero-order valence-electron chi connectivity index (χ0n) is 10.6. The van der Waals surface area contributed by atoms with E-state index in [2.05, 4.69) is 28.4 Å². The molecule has 0 N–H and O–H groups in total. The molecule has 0 aliphatic rings. The molecule has 0 bridgehead atoms. The first-order valence-electron chi connectivity index (χ1n) is 6.13. The Kier molecular flexibility index (Phi) is 3.41. The molecular weight excluding hydrogens is 274 g/mol. The fourth-order valence-electron chi connectivity index (χ4n) is 2.06. The number of thiazole rings is 1. The summed E-state index contributed by atoms with van der Waals surface area (Å²) in [7, 11) is 0. The first kappa shape index (κ1) is 12.5. The lowest BCUT2D eigenvalue weighted by atomic mass is 10.2. The number of nitrogens with zero attached hydrogens (tertiary/aromatic N) is 1. The summed E-state index contributed by atoms with van der Waals surface area (Å²) in [4.78, 5) is 4.61. The maximum Gasteiger partial charge on any atom is 0.129 e. The summed E-state index contributed by atoms with van der Waals surface area (Å²) in [5.74, 6) is 3.58. The predicted octanol–water partition coefficient (Wildman–Crippen LogP) is 4.61. The maximum atomic E-state index is 5.89. The third kappa shape index (κ3) is 2.32. The zero-order valence-corrected chi connectivity index (χ0v) is 12.2. The summed E-state index contributed by atoms with van der Waals surface area (Å²) in [6.45, 7) is 2.70. The standard InChI is InChI=1S/C15H13NOS2/c1-3-4-5-7-17-12-9-13-14(16-10(2)19-13)15-11(12)6-8-18-15/h1,6,8-9H,4-5,7H2,2H3. The van der Waals surface area contributed by atoms with Gasteiger partial charge in [-0.15, -0.1) is 35.0 Å². The third-order valence-electron chi connectivity index (χ3n) is 2.89. The van der Waals surface area contributed by atoms with E-state index in [1.165, 1.54) is 9.40 Å². The molecule has 0 aliphatic carbocycles. The first-order valence-corrected chi connectivity index (χ1v) is 7.83. The van der Waals surface area contributed by atoms with Crippen LogP contribution in [0.3, 0.4) is 0 Å². The van der Waals surface area contributed by atoms with Crippen molar-refractivity contribution >= 4 is 43.0 Å². The van der Waals surface area contributed by atoms with Gasteiger partial charge in [-0.3, -0.25) is 0 Å². The summed E-state index contributed by atoms with van der Waals surface area (Å²) in [5.41, 5.74) is 1.10. The average molecular weight is 287 g/mol. The maximum absolute atomic E-state index is 5.89. The van der Waals surface area contributed by atoms with Crippen LogP contribution in [0, 0.1) is 19.3 Å². The van der Waals surface area contributed by atoms with E-state index < -0.39 is 0 Å². The first-order chi connectivity index (χ1) is 9.29. The van der Waals surface area contributed by atoms with Crippen molar-refractivity contribution in [3.05, 3.63) is 22.5 Å². The van der Waals surface area contributed by atoms with Gasteiger partial charge in [-0.2, -0.15) is 0 Å². The predicted molar refractivity (Wildman–Crippen MR) is 83.3 cm³/mol. The van der Waals surface area contributed by atoms with Gasteiger partial charge in [0.1, 0.15) is 5.75 Å². The molecule has 0 unspecified atom stereocenters. The summed E-state index contributed by atoms with van der Waals surface area (Å²) in [6, 6.07) is 4.20. The van der Waals surface area contributed by atoms with Crippen molar-refractivity contribution in [1.82, 2.24) is 4.98 Å². The van der Waals surface area contributed by atoms with Crippen LogP contribution >= 0.6 is 22.7 Å². The van der Waals surface area contributed by atoms with Crippen molar-refractivity contribution in [3.63, 3.8) is 0 Å². The lowest BCUT2D eigenvalue weighted by Gasteiger charge is -2.06. The smallest absolute Gasteiger partial charge is 0.129 e. The van der Waals surface area contributed by atoms with Gasteiger partial charge < -0.3 is 4.74 Å². The van der Waals surface area contributed by atoms with Crippen molar-refractivity contribution in [2.45, 2.75) is 19.8 Å². The second kappa shape index (κ2) is 5.20. The van der Waals surface area contributed by atoms with Crippen molar-refractivity contribution in [1.29, 1.82) is 0 Å². The Balaban J connectivity index is 2.01. The Morgan fingerprint density at radius 2 is 2.37 bits per heavy atom. The van der Waals surface area contributed by atoms with Gasteiger partial charge in [0.05, 0.1) is 26.5 Å². The van der Waals surface area contributed by atoms with Gasteiger partial charge in [0.25, 0.3) is 0 Å². The Labute approximate surface area is 120 Å². The molecule has 2 aromatic heterocycles. The molecule has 0 radical (unpaired) electrons. The van der Waals surface area contributed by atoms with Crippen molar-refractivity contribution in [2.75, 3.05) is 6.61 Å². The Morgan fingerprint density at radius 3 is 3.21 bits per heavy atom. The van der Waals surface area contributed by atoms with Crippen molar-refractivity contribution < 1.29 is 4.74 Å². The second-order valence-corrected chi connectivity index (χ2v) is 6.42. The number of hydrogen-bond acceptors (Lipinski definition) is 4. The molecule has 0 aliphatic heterocycles. The van der Waals surface area contributed by atoms with Crippen molar-refractivity contribution in [2.24, 2.45) is 0 Å². The van der Waals surface area contributed by atoms with E-state index in [-0.39, 0.29) is 0 Å². The number of aryl methyl sites for hydroxylation is 1. The van der Waals surface area contributed by atoms with Gasteiger partial charge in [0, 0.05) is 17.9 Å². The molecule has 19 heavy (non-hydrogen) atoms. The molecule has 0 amide bonds. The summed E-state index contributed by atoms with van der Waals surface area (Å²) in [5, 5.41) is 4.34. The molecule has 0 saturated carbocycles. The molecule has 2 nitrogen and oxygen atoms in total. The fourth-order valence-corrected chi connectivity index (χ4v) is 3.90. The number of hydrogen-bond donors (Lipinski definition) is 0. The largest absolute Gasteiger partial charge is 0.493 e. The second-order valence-electron chi connectivity index (χ2n) is 4.27. The molecule has 96 valence electrons. The highest BCUT2D eigenvalue weighted by Gasteiger charge is 2.12. The molecule has 3 aromatic rings. The highest BCUT2D eigenvalue weighted by atomic mass is 32.1. The lowest BCUT2D eigenvalue weighted by molar-refractivity contribution is 0.317. The number of thiophene rings is 1. The van der Waals surface area contributed by atoms with Gasteiger partial charge in [-0.25, -0.2) is 4.98 Å². The van der Waals surface area contributed by atoms with Crippen LogP contribution in [0.5, 0.6) is 5.75 Å². The minimum absolute atomic E-state index is 0.665. The lowest BCUT2D eigenvalue weighted by Crippen LogP contribution is -1.96. The normalized spacial score (nSPS) is 10.9. The molecule has 2 heterocycles. The monoisotopic (exact) mass is 287 g/mol. The zero-order chi connectivity index (χ0) is 13.2. The van der Waals surface area contributed by atoms with Crippen LogP contribution in [0.25, 0.3) is 20.3 Å². The van der Waals surface area contributed by atoms with E-state index in [4.69, 9.17) is 11.2 Å². The third-order valence-corrected chi connectivity index (χ3v) is 4.73. The van der Waals surface area contributed by atoms with Crippen LogP contribution in [0.1, 0.15) is 17.8 Å². The number of ether oxygens (including phenoxy) is 1. The van der Waals surface area contributed by atoms with E-state index >= 15 is 0 Å². The molecule has 0 saturated heterocycles. The van der Waals surface area contributed by atoms with Gasteiger partial charge >= 0.3 is 0 Å². The molecule has 0 atom stereocenters. The molecule has 0 spiro atoms. The minimum Gasteiger partial charge on any atom is -0.493 e. The van der Waals surface area contributed by atoms with Crippen molar-refractivity contribution in [3.8, 4) is 18.1 Å². The van der Waals surface area contributed by atoms with Crippen LogP contribution in [-0.4, -0.2) is 11.6 Å².